The van der Waals surface area contributed by atoms with Gasteiger partial charge in [0.2, 0.25) is 0 Å². The van der Waals surface area contributed by atoms with Crippen molar-refractivity contribution in [3.05, 3.63) is 29.8 Å². The van der Waals surface area contributed by atoms with Crippen LogP contribution in [0.4, 0.5) is 5.69 Å². The average molecular weight is 234 g/mol. The average Bonchev–Trinajstić information content (AvgIpc) is 2.29. The number of hydrogen-bond acceptors (Lipinski definition) is 5. The molecule has 0 unspecified atom stereocenters. The van der Waals surface area contributed by atoms with E-state index >= 15 is 0 Å². The van der Waals surface area contributed by atoms with E-state index in [1.165, 1.54) is 13.3 Å². The molecule has 1 aliphatic rings. The minimum atomic E-state index is -0.148. The van der Waals surface area contributed by atoms with Crippen LogP contribution in [-0.2, 0) is 9.53 Å². The lowest BCUT2D eigenvalue weighted by molar-refractivity contribution is -0.146. The second-order valence-electron chi connectivity index (χ2n) is 3.96. The van der Waals surface area contributed by atoms with Crippen LogP contribution in [0, 0.1) is 5.92 Å². The van der Waals surface area contributed by atoms with Crippen LogP contribution in [0.3, 0.4) is 0 Å². The van der Waals surface area contributed by atoms with E-state index < -0.39 is 0 Å². The van der Waals surface area contributed by atoms with E-state index in [9.17, 15) is 4.79 Å². The monoisotopic (exact) mass is 234 g/mol. The zero-order valence-electron chi connectivity index (χ0n) is 9.54. The van der Waals surface area contributed by atoms with E-state index in [2.05, 4.69) is 14.8 Å². The lowest BCUT2D eigenvalue weighted by Crippen LogP contribution is -2.50. The molecule has 0 atom stereocenters. The molecular weight excluding hydrogens is 220 g/mol. The number of carbonyl (C=O) groups is 1. The van der Waals surface area contributed by atoms with Gasteiger partial charge in [-0.1, -0.05) is 17.3 Å². The molecule has 2 rings (SSSR count). The van der Waals surface area contributed by atoms with Crippen LogP contribution in [0.25, 0.3) is 0 Å². The van der Waals surface area contributed by atoms with Gasteiger partial charge in [-0.3, -0.25) is 4.79 Å². The zero-order valence-corrected chi connectivity index (χ0v) is 9.54. The molecule has 0 aliphatic carbocycles. The molecule has 5 heteroatoms. The first-order valence-corrected chi connectivity index (χ1v) is 5.35. The van der Waals surface area contributed by atoms with Crippen LogP contribution >= 0.6 is 0 Å². The molecule has 1 fully saturated rings. The first-order chi connectivity index (χ1) is 8.24. The van der Waals surface area contributed by atoms with Crippen LogP contribution in [0.15, 0.2) is 29.4 Å². The van der Waals surface area contributed by atoms with E-state index in [0.717, 1.165) is 11.3 Å². The number of rotatable bonds is 3. The molecular formula is C12H14N2O3. The highest BCUT2D eigenvalue weighted by atomic mass is 16.5. The van der Waals surface area contributed by atoms with Gasteiger partial charge >= 0.3 is 5.97 Å². The van der Waals surface area contributed by atoms with Crippen LogP contribution < -0.4 is 4.90 Å². The molecule has 0 radical (unpaired) electrons. The Balaban J connectivity index is 1.95. The Morgan fingerprint density at radius 3 is 2.65 bits per heavy atom. The smallest absolute Gasteiger partial charge is 0.312 e. The molecule has 1 aliphatic heterocycles. The maximum atomic E-state index is 11.2. The fourth-order valence-electron chi connectivity index (χ4n) is 1.84. The maximum Gasteiger partial charge on any atom is 0.312 e. The van der Waals surface area contributed by atoms with E-state index in [1.807, 2.05) is 24.3 Å². The highest BCUT2D eigenvalue weighted by molar-refractivity contribution is 5.80. The van der Waals surface area contributed by atoms with Gasteiger partial charge in [0.15, 0.2) is 0 Å². The summed E-state index contributed by atoms with van der Waals surface area (Å²) in [4.78, 5) is 13.3. The first-order valence-electron chi connectivity index (χ1n) is 5.35. The fourth-order valence-corrected chi connectivity index (χ4v) is 1.84. The minimum absolute atomic E-state index is 0.0151. The van der Waals surface area contributed by atoms with E-state index in [1.54, 1.807) is 0 Å². The second kappa shape index (κ2) is 4.86. The maximum absolute atomic E-state index is 11.2. The van der Waals surface area contributed by atoms with Gasteiger partial charge in [0, 0.05) is 18.8 Å². The number of anilines is 1. The van der Waals surface area contributed by atoms with Crippen molar-refractivity contribution in [2.45, 2.75) is 0 Å². The topological polar surface area (TPSA) is 62.1 Å². The molecule has 1 aromatic rings. The third-order valence-electron chi connectivity index (χ3n) is 2.88. The SMILES string of the molecule is COC(=O)C1CN(c2ccc(/C=N\O)cc2)C1. The largest absolute Gasteiger partial charge is 0.469 e. The van der Waals surface area contributed by atoms with Gasteiger partial charge in [0.25, 0.3) is 0 Å². The molecule has 1 saturated heterocycles. The third kappa shape index (κ3) is 2.38. The van der Waals surface area contributed by atoms with Crippen molar-refractivity contribution in [1.82, 2.24) is 0 Å². The summed E-state index contributed by atoms with van der Waals surface area (Å²) >= 11 is 0. The molecule has 0 saturated carbocycles. The highest BCUT2D eigenvalue weighted by Gasteiger charge is 2.33. The molecule has 90 valence electrons. The van der Waals surface area contributed by atoms with Crippen molar-refractivity contribution in [2.75, 3.05) is 25.1 Å². The Hall–Kier alpha value is -2.04. The molecule has 17 heavy (non-hydrogen) atoms. The number of ether oxygens (including phenoxy) is 1. The van der Waals surface area contributed by atoms with Crippen LogP contribution in [0.5, 0.6) is 0 Å². The first kappa shape index (κ1) is 11.4. The quantitative estimate of drug-likeness (QED) is 0.368. The number of oxime groups is 1. The molecule has 0 amide bonds. The Morgan fingerprint density at radius 2 is 2.12 bits per heavy atom. The molecule has 1 heterocycles. The van der Waals surface area contributed by atoms with Crippen LogP contribution in [-0.4, -0.2) is 37.6 Å². The van der Waals surface area contributed by atoms with Gasteiger partial charge in [-0.2, -0.15) is 0 Å². The minimum Gasteiger partial charge on any atom is -0.469 e. The molecule has 1 aromatic carbocycles. The zero-order chi connectivity index (χ0) is 12.3. The van der Waals surface area contributed by atoms with Gasteiger partial charge in [0.05, 0.1) is 19.2 Å². The lowest BCUT2D eigenvalue weighted by Gasteiger charge is -2.39. The van der Waals surface area contributed by atoms with Crippen molar-refractivity contribution in [3.63, 3.8) is 0 Å². The van der Waals surface area contributed by atoms with E-state index in [-0.39, 0.29) is 11.9 Å². The summed E-state index contributed by atoms with van der Waals surface area (Å²) < 4.78 is 4.68. The number of methoxy groups -OCH3 is 1. The van der Waals surface area contributed by atoms with Crippen LogP contribution in [0.2, 0.25) is 0 Å². The van der Waals surface area contributed by atoms with E-state index in [4.69, 9.17) is 5.21 Å². The van der Waals surface area contributed by atoms with Gasteiger partial charge in [-0.25, -0.2) is 0 Å². The van der Waals surface area contributed by atoms with Crippen molar-refractivity contribution < 1.29 is 14.7 Å². The molecule has 0 aromatic heterocycles. The molecule has 1 N–H and O–H groups in total. The van der Waals surface area contributed by atoms with Crippen molar-refractivity contribution in [1.29, 1.82) is 0 Å². The number of carbonyl (C=O) groups excluding carboxylic acids is 1. The summed E-state index contributed by atoms with van der Waals surface area (Å²) in [6.07, 6.45) is 1.37. The second-order valence-corrected chi connectivity index (χ2v) is 3.96. The van der Waals surface area contributed by atoms with Gasteiger partial charge in [-0.15, -0.1) is 0 Å². The normalized spacial score (nSPS) is 15.9. The fraction of sp³-hybridized carbons (Fsp3) is 0.333. The summed E-state index contributed by atoms with van der Waals surface area (Å²) in [6, 6.07) is 7.59. The van der Waals surface area contributed by atoms with Crippen molar-refractivity contribution in [3.8, 4) is 0 Å². The standard InChI is InChI=1S/C12H14N2O3/c1-17-12(15)10-7-14(8-10)11-4-2-9(3-5-11)6-13-16/h2-6,10,16H,7-8H2,1H3/b13-6-. The summed E-state index contributed by atoms with van der Waals surface area (Å²) in [7, 11) is 1.41. The highest BCUT2D eigenvalue weighted by Crippen LogP contribution is 2.25. The summed E-state index contributed by atoms with van der Waals surface area (Å²) in [5.74, 6) is -0.163. The molecule has 0 bridgehead atoms. The number of hydrogen-bond donors (Lipinski definition) is 1. The predicted octanol–water partition coefficient (Wildman–Crippen LogP) is 1.10. The predicted molar refractivity (Wildman–Crippen MR) is 63.5 cm³/mol. The lowest BCUT2D eigenvalue weighted by atomic mass is 9.99. The summed E-state index contributed by atoms with van der Waals surface area (Å²) in [5, 5.41) is 11.3. The van der Waals surface area contributed by atoms with Gasteiger partial charge in [0.1, 0.15) is 0 Å². The Bertz CT molecular complexity index is 422. The Labute approximate surface area is 99.3 Å². The van der Waals surface area contributed by atoms with Crippen molar-refractivity contribution >= 4 is 17.9 Å². The number of benzene rings is 1. The van der Waals surface area contributed by atoms with Gasteiger partial charge in [-0.05, 0) is 17.7 Å². The number of esters is 1. The molecule has 5 nitrogen and oxygen atoms in total. The molecule has 0 spiro atoms. The summed E-state index contributed by atoms with van der Waals surface area (Å²) in [6.45, 7) is 1.39. The number of nitrogens with zero attached hydrogens (tertiary/aromatic N) is 2. The van der Waals surface area contributed by atoms with E-state index in [0.29, 0.717) is 13.1 Å². The van der Waals surface area contributed by atoms with Crippen molar-refractivity contribution in [2.24, 2.45) is 11.1 Å². The third-order valence-corrected chi connectivity index (χ3v) is 2.88. The van der Waals surface area contributed by atoms with Crippen LogP contribution in [0.1, 0.15) is 5.56 Å². The van der Waals surface area contributed by atoms with Gasteiger partial charge < -0.3 is 14.8 Å². The Kier molecular flexibility index (Phi) is 3.27. The summed E-state index contributed by atoms with van der Waals surface area (Å²) in [5.41, 5.74) is 1.89. The Morgan fingerprint density at radius 1 is 1.47 bits per heavy atom.